The van der Waals surface area contributed by atoms with Crippen LogP contribution in [0, 0.1) is 0 Å². The van der Waals surface area contributed by atoms with Crippen molar-refractivity contribution in [3.63, 3.8) is 0 Å². The molecule has 0 radical (unpaired) electrons. The Morgan fingerprint density at radius 3 is 2.85 bits per heavy atom. The van der Waals surface area contributed by atoms with Crippen LogP contribution >= 0.6 is 0 Å². The number of aromatic carboxylic acids is 1. The number of pyridine rings is 2. The van der Waals surface area contributed by atoms with Crippen LogP contribution < -0.4 is 5.32 Å². The molecule has 2 aromatic rings. The fourth-order valence-corrected chi connectivity index (χ4v) is 1.90. The Morgan fingerprint density at radius 2 is 2.25 bits per heavy atom. The van der Waals surface area contributed by atoms with E-state index in [9.17, 15) is 4.79 Å². The zero-order valence-corrected chi connectivity index (χ0v) is 11.5. The maximum Gasteiger partial charge on any atom is 0.335 e. The summed E-state index contributed by atoms with van der Waals surface area (Å²) in [6.07, 6.45) is 4.19. The van der Waals surface area contributed by atoms with Gasteiger partial charge in [0, 0.05) is 18.1 Å². The second kappa shape index (κ2) is 6.14. The van der Waals surface area contributed by atoms with E-state index in [1.54, 1.807) is 24.5 Å². The topological polar surface area (TPSA) is 75.1 Å². The van der Waals surface area contributed by atoms with E-state index in [4.69, 9.17) is 5.11 Å². The van der Waals surface area contributed by atoms with Crippen LogP contribution in [0.25, 0.3) is 0 Å². The highest BCUT2D eigenvalue weighted by Gasteiger charge is 2.10. The molecule has 0 aliphatic carbocycles. The SMILES string of the molecule is CCc1cc(C(=O)O)cc(NC(C)c2cccnc2)n1. The summed E-state index contributed by atoms with van der Waals surface area (Å²) in [5.41, 5.74) is 2.02. The first kappa shape index (κ1) is 14.0. The van der Waals surface area contributed by atoms with E-state index in [1.165, 1.54) is 0 Å². The average molecular weight is 271 g/mol. The van der Waals surface area contributed by atoms with Crippen molar-refractivity contribution in [3.05, 3.63) is 53.5 Å². The van der Waals surface area contributed by atoms with Gasteiger partial charge in [0.1, 0.15) is 5.82 Å². The van der Waals surface area contributed by atoms with Crippen LogP contribution in [-0.2, 0) is 6.42 Å². The molecule has 0 bridgehead atoms. The number of hydrogen-bond acceptors (Lipinski definition) is 4. The molecule has 0 amide bonds. The van der Waals surface area contributed by atoms with Crippen molar-refractivity contribution in [2.75, 3.05) is 5.32 Å². The number of aromatic nitrogens is 2. The van der Waals surface area contributed by atoms with Gasteiger partial charge < -0.3 is 10.4 Å². The van der Waals surface area contributed by atoms with E-state index in [0.717, 1.165) is 11.3 Å². The molecule has 2 heterocycles. The summed E-state index contributed by atoms with van der Waals surface area (Å²) in [5, 5.41) is 12.3. The monoisotopic (exact) mass is 271 g/mol. The molecule has 20 heavy (non-hydrogen) atoms. The van der Waals surface area contributed by atoms with Gasteiger partial charge in [-0.1, -0.05) is 13.0 Å². The van der Waals surface area contributed by atoms with Gasteiger partial charge in [-0.05, 0) is 37.1 Å². The minimum atomic E-state index is -0.945. The second-order valence-electron chi connectivity index (χ2n) is 4.54. The van der Waals surface area contributed by atoms with Crippen molar-refractivity contribution in [1.29, 1.82) is 0 Å². The van der Waals surface area contributed by atoms with Crippen LogP contribution in [-0.4, -0.2) is 21.0 Å². The molecule has 2 N–H and O–H groups in total. The summed E-state index contributed by atoms with van der Waals surface area (Å²) < 4.78 is 0. The number of carboxylic acid groups (broad SMARTS) is 1. The number of hydrogen-bond donors (Lipinski definition) is 2. The molecule has 1 unspecified atom stereocenters. The van der Waals surface area contributed by atoms with Crippen molar-refractivity contribution >= 4 is 11.8 Å². The first-order valence-electron chi connectivity index (χ1n) is 6.51. The molecule has 5 heteroatoms. The van der Waals surface area contributed by atoms with Crippen molar-refractivity contribution in [2.24, 2.45) is 0 Å². The quantitative estimate of drug-likeness (QED) is 0.874. The van der Waals surface area contributed by atoms with Crippen molar-refractivity contribution < 1.29 is 9.90 Å². The van der Waals surface area contributed by atoms with Gasteiger partial charge in [0.2, 0.25) is 0 Å². The minimum Gasteiger partial charge on any atom is -0.478 e. The van der Waals surface area contributed by atoms with Gasteiger partial charge in [-0.2, -0.15) is 0 Å². The minimum absolute atomic E-state index is 0.00458. The zero-order chi connectivity index (χ0) is 14.5. The lowest BCUT2D eigenvalue weighted by molar-refractivity contribution is 0.0696. The van der Waals surface area contributed by atoms with Crippen LogP contribution in [0.5, 0.6) is 0 Å². The highest BCUT2D eigenvalue weighted by atomic mass is 16.4. The molecule has 0 aliphatic heterocycles. The third-order valence-electron chi connectivity index (χ3n) is 3.04. The van der Waals surface area contributed by atoms with Gasteiger partial charge in [0.25, 0.3) is 0 Å². The largest absolute Gasteiger partial charge is 0.478 e. The van der Waals surface area contributed by atoms with Gasteiger partial charge in [-0.25, -0.2) is 9.78 Å². The lowest BCUT2D eigenvalue weighted by Gasteiger charge is -2.15. The number of nitrogens with one attached hydrogen (secondary N) is 1. The fourth-order valence-electron chi connectivity index (χ4n) is 1.90. The summed E-state index contributed by atoms with van der Waals surface area (Å²) in [6.45, 7) is 3.93. The number of aryl methyl sites for hydroxylation is 1. The number of nitrogens with zero attached hydrogens (tertiary/aromatic N) is 2. The van der Waals surface area contributed by atoms with Gasteiger partial charge in [0.05, 0.1) is 11.6 Å². The first-order chi connectivity index (χ1) is 9.60. The molecule has 2 rings (SSSR count). The Bertz CT molecular complexity index is 599. The molecule has 0 spiro atoms. The van der Waals surface area contributed by atoms with Crippen molar-refractivity contribution in [1.82, 2.24) is 9.97 Å². The molecule has 0 fully saturated rings. The first-order valence-corrected chi connectivity index (χ1v) is 6.51. The molecule has 0 saturated heterocycles. The third kappa shape index (κ3) is 3.32. The van der Waals surface area contributed by atoms with Gasteiger partial charge in [0.15, 0.2) is 0 Å². The highest BCUT2D eigenvalue weighted by Crippen LogP contribution is 2.19. The molecule has 104 valence electrons. The second-order valence-corrected chi connectivity index (χ2v) is 4.54. The Labute approximate surface area is 117 Å². The molecule has 0 aliphatic rings. The summed E-state index contributed by atoms with van der Waals surface area (Å²) >= 11 is 0. The lowest BCUT2D eigenvalue weighted by Crippen LogP contribution is -2.10. The van der Waals surface area contributed by atoms with Crippen LogP contribution in [0.15, 0.2) is 36.7 Å². The normalized spacial score (nSPS) is 11.9. The predicted octanol–water partition coefficient (Wildman–Crippen LogP) is 2.91. The molecule has 2 aromatic heterocycles. The van der Waals surface area contributed by atoms with Gasteiger partial charge in [-0.15, -0.1) is 0 Å². The van der Waals surface area contributed by atoms with Crippen LogP contribution in [0.3, 0.4) is 0 Å². The van der Waals surface area contributed by atoms with Crippen molar-refractivity contribution in [3.8, 4) is 0 Å². The molecule has 0 saturated carbocycles. The maximum absolute atomic E-state index is 11.1. The molecule has 5 nitrogen and oxygen atoms in total. The van der Waals surface area contributed by atoms with E-state index in [-0.39, 0.29) is 11.6 Å². The summed E-state index contributed by atoms with van der Waals surface area (Å²) in [4.78, 5) is 19.6. The van der Waals surface area contributed by atoms with E-state index in [0.29, 0.717) is 12.2 Å². The Kier molecular flexibility index (Phi) is 4.30. The van der Waals surface area contributed by atoms with E-state index < -0.39 is 5.97 Å². The van der Waals surface area contributed by atoms with Crippen LogP contribution in [0.2, 0.25) is 0 Å². The molecule has 1 atom stereocenters. The van der Waals surface area contributed by atoms with Crippen LogP contribution in [0.4, 0.5) is 5.82 Å². The smallest absolute Gasteiger partial charge is 0.335 e. The van der Waals surface area contributed by atoms with E-state index in [2.05, 4.69) is 15.3 Å². The third-order valence-corrected chi connectivity index (χ3v) is 3.04. The molecular formula is C15H17N3O2. The summed E-state index contributed by atoms with van der Waals surface area (Å²) in [6, 6.07) is 6.99. The van der Waals surface area contributed by atoms with Crippen LogP contribution in [0.1, 0.15) is 41.5 Å². The standard InChI is InChI=1S/C15H17N3O2/c1-3-13-7-12(15(19)20)8-14(18-13)17-10(2)11-5-4-6-16-9-11/h4-10H,3H2,1-2H3,(H,17,18)(H,19,20). The summed E-state index contributed by atoms with van der Waals surface area (Å²) in [5.74, 6) is -0.378. The lowest BCUT2D eigenvalue weighted by atomic mass is 10.1. The zero-order valence-electron chi connectivity index (χ0n) is 11.5. The number of anilines is 1. The van der Waals surface area contributed by atoms with Gasteiger partial charge >= 0.3 is 5.97 Å². The van der Waals surface area contributed by atoms with E-state index in [1.807, 2.05) is 26.0 Å². The number of rotatable bonds is 5. The summed E-state index contributed by atoms with van der Waals surface area (Å²) in [7, 11) is 0. The molecule has 0 aromatic carbocycles. The Balaban J connectivity index is 2.24. The fraction of sp³-hybridized carbons (Fsp3) is 0.267. The molecular weight excluding hydrogens is 254 g/mol. The maximum atomic E-state index is 11.1. The average Bonchev–Trinajstić information content (AvgIpc) is 2.47. The van der Waals surface area contributed by atoms with Gasteiger partial charge in [-0.3, -0.25) is 4.98 Å². The Morgan fingerprint density at radius 1 is 1.45 bits per heavy atom. The predicted molar refractivity (Wildman–Crippen MR) is 76.8 cm³/mol. The number of carbonyl (C=O) groups is 1. The number of carboxylic acids is 1. The highest BCUT2D eigenvalue weighted by molar-refractivity contribution is 5.88. The van der Waals surface area contributed by atoms with Crippen molar-refractivity contribution in [2.45, 2.75) is 26.3 Å². The Hall–Kier alpha value is -2.43. The van der Waals surface area contributed by atoms with E-state index >= 15 is 0 Å².